The van der Waals surface area contributed by atoms with Crippen LogP contribution in [0.25, 0.3) is 0 Å². The lowest BCUT2D eigenvalue weighted by molar-refractivity contribution is -0.136. The Morgan fingerprint density at radius 1 is 1.38 bits per heavy atom. The molecule has 2 rings (SSSR count). The van der Waals surface area contributed by atoms with Gasteiger partial charge < -0.3 is 15.4 Å². The molecular weight excluding hydrogens is 188 g/mol. The van der Waals surface area contributed by atoms with Crippen molar-refractivity contribution >= 4 is 17.7 Å². The summed E-state index contributed by atoms with van der Waals surface area (Å²) in [4.78, 5) is 12.9. The van der Waals surface area contributed by atoms with Crippen LogP contribution in [0.2, 0.25) is 0 Å². The quantitative estimate of drug-likeness (QED) is 0.634. The van der Waals surface area contributed by atoms with Crippen LogP contribution in [-0.4, -0.2) is 21.4 Å². The third kappa shape index (κ3) is 3.71. The molecule has 5 heteroatoms. The molecule has 0 saturated heterocycles. The van der Waals surface area contributed by atoms with Crippen LogP contribution in [0.1, 0.15) is 0 Å². The largest absolute Gasteiger partial charge is 0.479 e. The molecule has 0 radical (unpaired) electrons. The summed E-state index contributed by atoms with van der Waals surface area (Å²) in [5, 5.41) is 12.2. The molecule has 1 aliphatic heterocycles. The summed E-state index contributed by atoms with van der Waals surface area (Å²) in [7, 11) is 0. The number of aromatic nitrogens is 1. The van der Waals surface area contributed by atoms with Crippen molar-refractivity contribution in [3.63, 3.8) is 0 Å². The molecule has 0 saturated carbocycles. The van der Waals surface area contributed by atoms with Gasteiger partial charge in [0.25, 0.3) is 0 Å². The highest BCUT2D eigenvalue weighted by Gasteiger charge is 2.16. The average Bonchev–Trinajstić information content (AvgIpc) is 2.82. The number of nitrogens with one attached hydrogen (secondary N) is 2. The lowest BCUT2D eigenvalue weighted by Gasteiger charge is -2.00. The lowest BCUT2D eigenvalue weighted by atomic mass is 10.6. The molecule has 0 aromatic carbocycles. The lowest BCUT2D eigenvalue weighted by Crippen LogP contribution is -2.25. The maximum absolute atomic E-state index is 10.1. The Labute approximate surface area is 80.0 Å². The normalized spacial score (nSPS) is 18.6. The smallest absolute Gasteiger partial charge is 0.337 e. The number of carboxylic acids is 1. The fourth-order valence-electron chi connectivity index (χ4n) is 0.691. The van der Waals surface area contributed by atoms with Gasteiger partial charge in [0, 0.05) is 18.6 Å². The fourth-order valence-corrected chi connectivity index (χ4v) is 1.28. The van der Waals surface area contributed by atoms with Crippen molar-refractivity contribution in [3.05, 3.63) is 36.1 Å². The van der Waals surface area contributed by atoms with E-state index in [9.17, 15) is 4.79 Å². The fraction of sp³-hybridized carbons (Fsp3) is 0.125. The van der Waals surface area contributed by atoms with Crippen molar-refractivity contribution < 1.29 is 9.90 Å². The topological polar surface area (TPSA) is 65.1 Å². The Morgan fingerprint density at radius 2 is 2.08 bits per heavy atom. The highest BCUT2D eigenvalue weighted by molar-refractivity contribution is 8.03. The van der Waals surface area contributed by atoms with Gasteiger partial charge in [-0.05, 0) is 17.5 Å². The van der Waals surface area contributed by atoms with Crippen LogP contribution in [0.5, 0.6) is 0 Å². The van der Waals surface area contributed by atoms with Crippen LogP contribution in [0.15, 0.2) is 36.1 Å². The van der Waals surface area contributed by atoms with Gasteiger partial charge >= 0.3 is 5.97 Å². The summed E-state index contributed by atoms with van der Waals surface area (Å²) in [6.45, 7) is 0. The second kappa shape index (κ2) is 5.31. The van der Waals surface area contributed by atoms with E-state index in [2.05, 4.69) is 10.3 Å². The Hall–Kier alpha value is -1.36. The first-order valence-electron chi connectivity index (χ1n) is 3.68. The number of aliphatic carboxylic acids is 1. The molecule has 70 valence electrons. The van der Waals surface area contributed by atoms with Gasteiger partial charge in [-0.25, -0.2) is 4.79 Å². The zero-order valence-corrected chi connectivity index (χ0v) is 7.62. The van der Waals surface area contributed by atoms with Crippen molar-refractivity contribution in [2.75, 3.05) is 0 Å². The Bertz CT molecular complexity index is 246. The molecule has 13 heavy (non-hydrogen) atoms. The summed E-state index contributed by atoms with van der Waals surface area (Å²) in [5.41, 5.74) is 0. The summed E-state index contributed by atoms with van der Waals surface area (Å²) >= 11 is 1.26. The number of H-pyrrole nitrogens is 1. The van der Waals surface area contributed by atoms with Crippen LogP contribution >= 0.6 is 11.8 Å². The van der Waals surface area contributed by atoms with Crippen molar-refractivity contribution in [2.24, 2.45) is 0 Å². The molecule has 0 bridgehead atoms. The molecule has 0 fully saturated rings. The van der Waals surface area contributed by atoms with Gasteiger partial charge in [0.1, 0.15) is 0 Å². The van der Waals surface area contributed by atoms with E-state index in [1.807, 2.05) is 24.5 Å². The van der Waals surface area contributed by atoms with Crippen LogP contribution in [-0.2, 0) is 4.79 Å². The van der Waals surface area contributed by atoms with E-state index in [0.29, 0.717) is 0 Å². The van der Waals surface area contributed by atoms with E-state index in [1.54, 1.807) is 11.6 Å². The van der Waals surface area contributed by atoms with Crippen molar-refractivity contribution in [1.29, 1.82) is 0 Å². The van der Waals surface area contributed by atoms with Gasteiger partial charge in [-0.2, -0.15) is 0 Å². The number of aromatic amines is 1. The minimum absolute atomic E-state index is 0.463. The van der Waals surface area contributed by atoms with E-state index in [4.69, 9.17) is 5.11 Å². The standard InChI is InChI=1S/C4H5NO2S.C4H5N/c6-4(7)3-5-1-2-8-3;1-2-4-5-3-1/h1-3,5H,(H,6,7);1-5H. The minimum Gasteiger partial charge on any atom is -0.479 e. The van der Waals surface area contributed by atoms with Gasteiger partial charge in [-0.15, -0.1) is 0 Å². The highest BCUT2D eigenvalue weighted by Crippen LogP contribution is 2.14. The van der Waals surface area contributed by atoms with Gasteiger partial charge in [0.15, 0.2) is 5.37 Å². The molecule has 4 nitrogen and oxygen atoms in total. The molecule has 0 amide bonds. The zero-order valence-electron chi connectivity index (χ0n) is 6.81. The zero-order chi connectivity index (χ0) is 9.52. The van der Waals surface area contributed by atoms with Crippen LogP contribution in [0.4, 0.5) is 0 Å². The first kappa shape index (κ1) is 9.73. The summed E-state index contributed by atoms with van der Waals surface area (Å²) < 4.78 is 0. The Balaban J connectivity index is 0.000000145. The first-order chi connectivity index (χ1) is 6.30. The third-order valence-corrected chi connectivity index (χ3v) is 2.15. The van der Waals surface area contributed by atoms with Gasteiger partial charge in [0.05, 0.1) is 0 Å². The van der Waals surface area contributed by atoms with Crippen LogP contribution < -0.4 is 5.32 Å². The molecule has 2 heterocycles. The second-order valence-corrected chi connectivity index (χ2v) is 3.22. The first-order valence-corrected chi connectivity index (χ1v) is 4.62. The minimum atomic E-state index is -0.819. The van der Waals surface area contributed by atoms with Gasteiger partial charge in [-0.1, -0.05) is 11.8 Å². The molecule has 1 atom stereocenters. The number of thioether (sulfide) groups is 1. The van der Waals surface area contributed by atoms with Crippen LogP contribution in [0, 0.1) is 0 Å². The molecular formula is C8H10N2O2S. The molecule has 0 aliphatic carbocycles. The summed E-state index contributed by atoms with van der Waals surface area (Å²) in [6.07, 6.45) is 5.38. The number of carboxylic acid groups (broad SMARTS) is 1. The van der Waals surface area contributed by atoms with Crippen molar-refractivity contribution in [1.82, 2.24) is 10.3 Å². The maximum Gasteiger partial charge on any atom is 0.337 e. The van der Waals surface area contributed by atoms with E-state index >= 15 is 0 Å². The van der Waals surface area contributed by atoms with Crippen LogP contribution in [0.3, 0.4) is 0 Å². The van der Waals surface area contributed by atoms with Gasteiger partial charge in [0.2, 0.25) is 0 Å². The number of carbonyl (C=O) groups is 1. The second-order valence-electron chi connectivity index (χ2n) is 2.21. The predicted octanol–water partition coefficient (Wildman–Crippen LogP) is 1.22. The van der Waals surface area contributed by atoms with Crippen molar-refractivity contribution in [3.8, 4) is 0 Å². The van der Waals surface area contributed by atoms with E-state index < -0.39 is 11.3 Å². The molecule has 1 aromatic heterocycles. The van der Waals surface area contributed by atoms with Crippen molar-refractivity contribution in [2.45, 2.75) is 5.37 Å². The van der Waals surface area contributed by atoms with E-state index in [-0.39, 0.29) is 0 Å². The number of rotatable bonds is 1. The van der Waals surface area contributed by atoms with E-state index in [0.717, 1.165) is 0 Å². The number of hydrogen-bond donors (Lipinski definition) is 3. The molecule has 1 aliphatic rings. The third-order valence-electron chi connectivity index (χ3n) is 1.25. The molecule has 3 N–H and O–H groups in total. The molecule has 1 unspecified atom stereocenters. The monoisotopic (exact) mass is 198 g/mol. The number of hydrogen-bond acceptors (Lipinski definition) is 3. The summed E-state index contributed by atoms with van der Waals surface area (Å²) in [5.74, 6) is -0.819. The Kier molecular flexibility index (Phi) is 3.98. The predicted molar refractivity (Wildman–Crippen MR) is 52.1 cm³/mol. The Morgan fingerprint density at radius 3 is 2.31 bits per heavy atom. The summed E-state index contributed by atoms with van der Waals surface area (Å²) in [6, 6.07) is 3.89. The molecule has 1 aromatic rings. The SMILES string of the molecule is O=C(O)C1NC=CS1.c1cc[nH]c1. The molecule has 0 spiro atoms. The van der Waals surface area contributed by atoms with E-state index in [1.165, 1.54) is 11.8 Å². The van der Waals surface area contributed by atoms with Gasteiger partial charge in [-0.3, -0.25) is 0 Å². The average molecular weight is 198 g/mol. The maximum atomic E-state index is 10.1. The highest BCUT2D eigenvalue weighted by atomic mass is 32.2.